The number of carbonyl (C=O) groups is 1. The van der Waals surface area contributed by atoms with Gasteiger partial charge in [0.05, 0.1) is 5.56 Å². The van der Waals surface area contributed by atoms with Crippen LogP contribution >= 0.6 is 22.9 Å². The average Bonchev–Trinajstić information content (AvgIpc) is 2.70. The number of amides is 1. The smallest absolute Gasteiger partial charge is 0.256 e. The maximum absolute atomic E-state index is 13.2. The van der Waals surface area contributed by atoms with Gasteiger partial charge in [-0.05, 0) is 42.0 Å². The van der Waals surface area contributed by atoms with E-state index in [1.165, 1.54) is 11.3 Å². The number of rotatable bonds is 3. The second-order valence-corrected chi connectivity index (χ2v) is 7.45. The normalized spacial score (nSPS) is 10.7. The Morgan fingerprint density at radius 2 is 1.52 bits per heavy atom. The van der Waals surface area contributed by atoms with E-state index in [0.29, 0.717) is 26.5 Å². The van der Waals surface area contributed by atoms with Crippen LogP contribution in [0.1, 0.15) is 10.4 Å². The summed E-state index contributed by atoms with van der Waals surface area (Å²) in [7, 11) is 0. The fourth-order valence-electron chi connectivity index (χ4n) is 2.87. The van der Waals surface area contributed by atoms with Gasteiger partial charge in [0.2, 0.25) is 0 Å². The quantitative estimate of drug-likeness (QED) is 0.477. The van der Waals surface area contributed by atoms with Crippen molar-refractivity contribution in [1.82, 2.24) is 0 Å². The number of nitrogens with one attached hydrogen (secondary N) is 1. The average molecular weight is 392 g/mol. The Hall–Kier alpha value is -2.95. The molecule has 0 radical (unpaired) electrons. The molecule has 1 heterocycles. The molecule has 0 aliphatic heterocycles. The Morgan fingerprint density at radius 3 is 2.26 bits per heavy atom. The molecule has 0 aliphatic carbocycles. The van der Waals surface area contributed by atoms with Crippen LogP contribution in [0, 0.1) is 0 Å². The van der Waals surface area contributed by atoms with Gasteiger partial charge in [0.1, 0.15) is 5.00 Å². The third kappa shape index (κ3) is 3.50. The summed E-state index contributed by atoms with van der Waals surface area (Å²) < 4.78 is 0.823. The summed E-state index contributed by atoms with van der Waals surface area (Å²) in [5.74, 6) is -0.253. The number of fused-ring (bicyclic) bond motifs is 1. The highest BCUT2D eigenvalue weighted by Gasteiger charge is 2.17. The van der Waals surface area contributed by atoms with Crippen molar-refractivity contribution in [2.24, 2.45) is 0 Å². The van der Waals surface area contributed by atoms with Crippen molar-refractivity contribution in [1.29, 1.82) is 0 Å². The lowest BCUT2D eigenvalue weighted by atomic mass is 10.1. The second-order valence-electron chi connectivity index (χ2n) is 5.96. The van der Waals surface area contributed by atoms with E-state index in [9.17, 15) is 9.59 Å². The molecule has 1 N–H and O–H groups in total. The van der Waals surface area contributed by atoms with Gasteiger partial charge in [-0.1, -0.05) is 54.1 Å². The van der Waals surface area contributed by atoms with Crippen molar-refractivity contribution in [2.45, 2.75) is 0 Å². The van der Waals surface area contributed by atoms with Crippen LogP contribution in [0.25, 0.3) is 21.2 Å². The molecule has 0 bridgehead atoms. The first-order valence-corrected chi connectivity index (χ1v) is 9.51. The van der Waals surface area contributed by atoms with Gasteiger partial charge in [-0.15, -0.1) is 11.3 Å². The first-order valence-electron chi connectivity index (χ1n) is 8.31. The first-order chi connectivity index (χ1) is 13.1. The molecule has 1 aromatic heterocycles. The minimum atomic E-state index is -0.253. The van der Waals surface area contributed by atoms with Gasteiger partial charge in [0.15, 0.2) is 5.43 Å². The molecule has 0 saturated heterocycles. The maximum Gasteiger partial charge on any atom is 0.256 e. The van der Waals surface area contributed by atoms with Crippen LogP contribution in [-0.4, -0.2) is 5.91 Å². The standard InChI is InChI=1S/C22H14ClNO2S/c23-16-12-10-14(11-13-16)19-20(25)17-8-4-5-9-18(17)27-22(19)24-21(26)15-6-2-1-3-7-15/h1-13H,(H,24,26). The molecule has 0 fully saturated rings. The van der Waals surface area contributed by atoms with Crippen LogP contribution in [0.15, 0.2) is 83.7 Å². The molecule has 4 rings (SSSR count). The van der Waals surface area contributed by atoms with Gasteiger partial charge in [-0.3, -0.25) is 9.59 Å². The summed E-state index contributed by atoms with van der Waals surface area (Å²) in [5.41, 5.74) is 1.61. The Kier molecular flexibility index (Phi) is 4.75. The van der Waals surface area contributed by atoms with E-state index in [2.05, 4.69) is 5.32 Å². The first kappa shape index (κ1) is 17.5. The van der Waals surface area contributed by atoms with Crippen molar-refractivity contribution in [3.63, 3.8) is 0 Å². The Morgan fingerprint density at radius 1 is 0.852 bits per heavy atom. The summed E-state index contributed by atoms with van der Waals surface area (Å²) in [4.78, 5) is 25.8. The molecule has 3 nitrogen and oxygen atoms in total. The zero-order chi connectivity index (χ0) is 18.8. The molecule has 27 heavy (non-hydrogen) atoms. The number of hydrogen-bond donors (Lipinski definition) is 1. The highest BCUT2D eigenvalue weighted by molar-refractivity contribution is 7.22. The Bertz CT molecular complexity index is 1180. The van der Waals surface area contributed by atoms with Gasteiger partial charge in [0.25, 0.3) is 5.91 Å². The molecular formula is C22H14ClNO2S. The van der Waals surface area contributed by atoms with E-state index in [1.54, 1.807) is 54.6 Å². The highest BCUT2D eigenvalue weighted by Crippen LogP contribution is 2.34. The zero-order valence-corrected chi connectivity index (χ0v) is 15.7. The van der Waals surface area contributed by atoms with Crippen LogP contribution in [0.2, 0.25) is 5.02 Å². The summed E-state index contributed by atoms with van der Waals surface area (Å²) in [6, 6.07) is 23.4. The van der Waals surface area contributed by atoms with Gasteiger partial charge >= 0.3 is 0 Å². The van der Waals surface area contributed by atoms with Gasteiger partial charge in [0, 0.05) is 20.7 Å². The van der Waals surface area contributed by atoms with E-state index >= 15 is 0 Å². The summed E-state index contributed by atoms with van der Waals surface area (Å²) >= 11 is 7.38. The van der Waals surface area contributed by atoms with Gasteiger partial charge in [-0.25, -0.2) is 0 Å². The topological polar surface area (TPSA) is 46.2 Å². The fraction of sp³-hybridized carbons (Fsp3) is 0. The molecule has 1 amide bonds. The minimum absolute atomic E-state index is 0.116. The third-order valence-corrected chi connectivity index (χ3v) is 5.53. The molecule has 4 aromatic rings. The predicted molar refractivity (Wildman–Crippen MR) is 113 cm³/mol. The molecule has 0 saturated carbocycles. The van der Waals surface area contributed by atoms with Gasteiger partial charge in [-0.2, -0.15) is 0 Å². The number of halogens is 1. The van der Waals surface area contributed by atoms with Crippen LogP contribution in [0.4, 0.5) is 5.00 Å². The van der Waals surface area contributed by atoms with Crippen molar-refractivity contribution >= 4 is 43.9 Å². The SMILES string of the molecule is O=C(Nc1sc2ccccc2c(=O)c1-c1ccc(Cl)cc1)c1ccccc1. The molecule has 0 atom stereocenters. The molecule has 3 aromatic carbocycles. The number of benzene rings is 3. The van der Waals surface area contributed by atoms with Gasteiger partial charge < -0.3 is 5.32 Å². The van der Waals surface area contributed by atoms with Crippen LogP contribution in [0.3, 0.4) is 0 Å². The summed E-state index contributed by atoms with van der Waals surface area (Å²) in [6.45, 7) is 0. The van der Waals surface area contributed by atoms with E-state index < -0.39 is 0 Å². The van der Waals surface area contributed by atoms with E-state index in [1.807, 2.05) is 24.3 Å². The lowest BCUT2D eigenvalue weighted by Crippen LogP contribution is -2.15. The minimum Gasteiger partial charge on any atom is -0.313 e. The molecule has 5 heteroatoms. The van der Waals surface area contributed by atoms with Crippen LogP contribution in [0.5, 0.6) is 0 Å². The second kappa shape index (κ2) is 7.35. The summed E-state index contributed by atoms with van der Waals surface area (Å²) in [5, 5.41) is 4.66. The van der Waals surface area contributed by atoms with Crippen molar-refractivity contribution in [3.8, 4) is 11.1 Å². The Balaban J connectivity index is 1.90. The zero-order valence-electron chi connectivity index (χ0n) is 14.1. The third-order valence-electron chi connectivity index (χ3n) is 4.19. The fourth-order valence-corrected chi connectivity index (χ4v) is 4.09. The molecular weight excluding hydrogens is 378 g/mol. The monoisotopic (exact) mass is 391 g/mol. The predicted octanol–water partition coefficient (Wildman–Crippen LogP) is 5.83. The molecule has 0 unspecified atom stereocenters. The van der Waals surface area contributed by atoms with E-state index in [0.717, 1.165) is 10.3 Å². The molecule has 132 valence electrons. The maximum atomic E-state index is 13.2. The largest absolute Gasteiger partial charge is 0.313 e. The number of hydrogen-bond acceptors (Lipinski definition) is 3. The highest BCUT2D eigenvalue weighted by atomic mass is 35.5. The summed E-state index contributed by atoms with van der Waals surface area (Å²) in [6.07, 6.45) is 0. The van der Waals surface area contributed by atoms with Crippen molar-refractivity contribution in [3.05, 3.63) is 99.7 Å². The van der Waals surface area contributed by atoms with Crippen molar-refractivity contribution in [2.75, 3.05) is 5.32 Å². The van der Waals surface area contributed by atoms with Crippen LogP contribution in [-0.2, 0) is 0 Å². The van der Waals surface area contributed by atoms with Crippen LogP contribution < -0.4 is 10.7 Å². The van der Waals surface area contributed by atoms with E-state index in [-0.39, 0.29) is 11.3 Å². The number of carbonyl (C=O) groups excluding carboxylic acids is 1. The molecule has 0 aliphatic rings. The lowest BCUT2D eigenvalue weighted by Gasteiger charge is -2.12. The van der Waals surface area contributed by atoms with Crippen molar-refractivity contribution < 1.29 is 4.79 Å². The Labute approximate surface area is 164 Å². The van der Waals surface area contributed by atoms with E-state index in [4.69, 9.17) is 11.6 Å². The molecule has 0 spiro atoms. The number of anilines is 1. The lowest BCUT2D eigenvalue weighted by molar-refractivity contribution is 0.102.